The number of aliphatic hydroxyl groups excluding tert-OH is 1. The summed E-state index contributed by atoms with van der Waals surface area (Å²) in [4.78, 5) is 67.1. The monoisotopic (exact) mass is 867 g/mol. The summed E-state index contributed by atoms with van der Waals surface area (Å²) in [7, 11) is 0. The maximum Gasteiger partial charge on any atom is 0.326 e. The molecule has 0 bridgehead atoms. The lowest BCUT2D eigenvalue weighted by atomic mass is 9.32. The second-order valence-electron chi connectivity index (χ2n) is 21.4. The van der Waals surface area contributed by atoms with Crippen LogP contribution in [0.25, 0.3) is 0 Å². The first kappa shape index (κ1) is 46.4. The number of carbonyl (C=O) groups is 5. The minimum absolute atomic E-state index is 0.0836. The van der Waals surface area contributed by atoms with Crippen LogP contribution in [0.2, 0.25) is 0 Å². The number of aliphatic hydroxyl groups is 1. The number of aromatic nitrogens is 1. The van der Waals surface area contributed by atoms with Gasteiger partial charge in [-0.3, -0.25) is 24.2 Å². The summed E-state index contributed by atoms with van der Waals surface area (Å²) in [6, 6.07) is 9.05. The summed E-state index contributed by atoms with van der Waals surface area (Å²) in [5.74, 6) is -1.16. The fraction of sp³-hybridized carbons (Fsp3) is 0.647. The predicted octanol–water partition coefficient (Wildman–Crippen LogP) is 7.74. The highest BCUT2D eigenvalue weighted by molar-refractivity contribution is 5.96. The van der Waals surface area contributed by atoms with Crippen molar-refractivity contribution in [2.45, 2.75) is 144 Å². The number of carboxylic acids is 2. The molecule has 342 valence electrons. The van der Waals surface area contributed by atoms with Gasteiger partial charge in [-0.2, -0.15) is 0 Å². The number of allylic oxidation sites excluding steroid dienone is 1. The number of amides is 3. The van der Waals surface area contributed by atoms with E-state index in [0.717, 1.165) is 56.9 Å². The zero-order chi connectivity index (χ0) is 45.7. The highest BCUT2D eigenvalue weighted by Gasteiger charge is 2.71. The fourth-order valence-corrected chi connectivity index (χ4v) is 14.6. The summed E-state index contributed by atoms with van der Waals surface area (Å²) in [5.41, 5.74) is 3.19. The Balaban J connectivity index is 0.967. The second-order valence-corrected chi connectivity index (χ2v) is 21.4. The normalized spacial score (nSPS) is 34.5. The third kappa shape index (κ3) is 8.23. The van der Waals surface area contributed by atoms with Crippen molar-refractivity contribution >= 4 is 29.7 Å². The van der Waals surface area contributed by atoms with Crippen LogP contribution in [0.5, 0.6) is 0 Å². The van der Waals surface area contributed by atoms with Crippen LogP contribution >= 0.6 is 0 Å². The van der Waals surface area contributed by atoms with Crippen LogP contribution < -0.4 is 16.0 Å². The Morgan fingerprint density at radius 1 is 0.825 bits per heavy atom. The molecule has 12 heteroatoms. The molecule has 5 aliphatic rings. The number of fused-ring (bicyclic) bond motifs is 7. The molecule has 0 saturated heterocycles. The molecule has 5 fully saturated rings. The molecule has 4 unspecified atom stereocenters. The van der Waals surface area contributed by atoms with E-state index in [1.54, 1.807) is 12.1 Å². The van der Waals surface area contributed by atoms with Gasteiger partial charge >= 0.3 is 11.9 Å². The van der Waals surface area contributed by atoms with Gasteiger partial charge < -0.3 is 31.3 Å². The van der Waals surface area contributed by atoms with Gasteiger partial charge in [-0.15, -0.1) is 0 Å². The Morgan fingerprint density at radius 2 is 1.59 bits per heavy atom. The summed E-state index contributed by atoms with van der Waals surface area (Å²) in [6.07, 6.45) is 11.4. The minimum Gasteiger partial charge on any atom is -0.481 e. The number of hydrogen-bond donors (Lipinski definition) is 6. The molecular weight excluding hydrogens is 797 g/mol. The van der Waals surface area contributed by atoms with E-state index in [1.807, 2.05) is 18.2 Å². The number of nitrogens with one attached hydrogen (secondary N) is 3. The van der Waals surface area contributed by atoms with E-state index in [2.05, 4.69) is 69.1 Å². The molecule has 6 N–H and O–H groups in total. The van der Waals surface area contributed by atoms with Gasteiger partial charge in [0, 0.05) is 24.7 Å². The molecule has 0 spiro atoms. The van der Waals surface area contributed by atoms with Gasteiger partial charge in [-0.05, 0) is 165 Å². The number of nitrogens with zero attached hydrogens (tertiary/aromatic N) is 1. The van der Waals surface area contributed by atoms with Crippen LogP contribution in [-0.4, -0.2) is 68.7 Å². The molecule has 3 amide bonds. The zero-order valence-electron chi connectivity index (χ0n) is 38.2. The quantitative estimate of drug-likeness (QED) is 0.103. The Kier molecular flexibility index (Phi) is 12.8. The summed E-state index contributed by atoms with van der Waals surface area (Å²) in [5, 5.41) is 38.0. The SMILES string of the molecule is C=C(C)[C@@H]1CC[C@]2(C(=O)NCCc3cccc(C(=O)NCc4ccc(C(=O)N[C@H](CCC(=O)O)C(=O)O)cn4)c3)CC[C@]3(C)C(CCC4[C@@]5(C)CC[C@H](O)C(C)(C)C5CC[C@]43C)C12. The molecular formula is C51H70N4O8. The van der Waals surface area contributed by atoms with Crippen molar-refractivity contribution in [1.82, 2.24) is 20.9 Å². The van der Waals surface area contributed by atoms with Gasteiger partial charge in [0.1, 0.15) is 6.04 Å². The number of aliphatic carboxylic acids is 2. The van der Waals surface area contributed by atoms with Crippen LogP contribution in [0.1, 0.15) is 151 Å². The number of pyridine rings is 1. The molecule has 1 aromatic heterocycles. The van der Waals surface area contributed by atoms with E-state index >= 15 is 0 Å². The van der Waals surface area contributed by atoms with E-state index < -0.39 is 35.7 Å². The van der Waals surface area contributed by atoms with Crippen molar-refractivity contribution in [3.8, 4) is 0 Å². The summed E-state index contributed by atoms with van der Waals surface area (Å²) < 4.78 is 0. The van der Waals surface area contributed by atoms with Crippen LogP contribution in [-0.2, 0) is 27.3 Å². The smallest absolute Gasteiger partial charge is 0.326 e. The van der Waals surface area contributed by atoms with Gasteiger partial charge in [0.05, 0.1) is 29.3 Å². The van der Waals surface area contributed by atoms with Crippen molar-refractivity contribution in [1.29, 1.82) is 0 Å². The number of hydrogen-bond acceptors (Lipinski definition) is 7. The lowest BCUT2D eigenvalue weighted by Gasteiger charge is -2.72. The number of carboxylic acid groups (broad SMARTS) is 2. The van der Waals surface area contributed by atoms with Crippen molar-refractivity contribution in [3.63, 3.8) is 0 Å². The van der Waals surface area contributed by atoms with Crippen molar-refractivity contribution < 1.29 is 39.3 Å². The van der Waals surface area contributed by atoms with Crippen LogP contribution in [0.3, 0.4) is 0 Å². The van der Waals surface area contributed by atoms with Gasteiger partial charge in [-0.1, -0.05) is 58.9 Å². The third-order valence-electron chi connectivity index (χ3n) is 18.2. The van der Waals surface area contributed by atoms with Gasteiger partial charge in [0.25, 0.3) is 11.8 Å². The Hall–Kier alpha value is -4.58. The molecule has 1 aromatic carbocycles. The van der Waals surface area contributed by atoms with Crippen molar-refractivity contribution in [2.24, 2.45) is 56.7 Å². The van der Waals surface area contributed by atoms with E-state index in [4.69, 9.17) is 5.11 Å². The molecule has 5 saturated carbocycles. The lowest BCUT2D eigenvalue weighted by Crippen LogP contribution is -2.67. The average Bonchev–Trinajstić information content (AvgIpc) is 3.65. The van der Waals surface area contributed by atoms with Crippen molar-refractivity contribution in [2.75, 3.05) is 6.54 Å². The van der Waals surface area contributed by atoms with Gasteiger partial charge in [-0.25, -0.2) is 4.79 Å². The minimum atomic E-state index is -1.35. The molecule has 1 heterocycles. The largest absolute Gasteiger partial charge is 0.481 e. The van der Waals surface area contributed by atoms with Crippen LogP contribution in [0.15, 0.2) is 54.7 Å². The highest BCUT2D eigenvalue weighted by Crippen LogP contribution is 2.77. The Morgan fingerprint density at radius 3 is 2.27 bits per heavy atom. The molecule has 63 heavy (non-hydrogen) atoms. The first-order valence-corrected chi connectivity index (χ1v) is 23.4. The van der Waals surface area contributed by atoms with Gasteiger partial charge in [0.15, 0.2) is 0 Å². The predicted molar refractivity (Wildman–Crippen MR) is 239 cm³/mol. The molecule has 2 aromatic rings. The second kappa shape index (κ2) is 17.4. The number of benzene rings is 1. The maximum absolute atomic E-state index is 14.7. The third-order valence-corrected chi connectivity index (χ3v) is 18.2. The maximum atomic E-state index is 14.7. The molecule has 7 rings (SSSR count). The molecule has 0 aliphatic heterocycles. The fourth-order valence-electron chi connectivity index (χ4n) is 14.6. The number of rotatable bonds is 14. The van der Waals surface area contributed by atoms with Crippen molar-refractivity contribution in [3.05, 3.63) is 77.1 Å². The molecule has 5 aliphatic carbocycles. The van der Waals surface area contributed by atoms with Crippen LogP contribution in [0.4, 0.5) is 0 Å². The van der Waals surface area contributed by atoms with E-state index in [1.165, 1.54) is 30.7 Å². The highest BCUT2D eigenvalue weighted by atomic mass is 16.4. The van der Waals surface area contributed by atoms with Crippen LogP contribution in [0, 0.1) is 56.7 Å². The first-order valence-electron chi connectivity index (χ1n) is 23.4. The Bertz CT molecular complexity index is 2120. The standard InChI is InChI=1S/C51H70N4O8/c1-30(2)35-17-23-51(25-24-49(6)36(42(35)51)13-15-39-48(5)21-19-40(56)47(3,4)38(48)18-22-50(39,49)7)46(63)52-26-20-31-9-8-10-32(27-31)43(59)54-29-34-12-11-33(28-53-34)44(60)55-37(45(61)62)14-16-41(57)58/h8-12,27-28,35-40,42,56H,1,13-26,29H2,2-7H3,(H,52,63)(H,54,59)(H,55,60)(H,57,58)(H,61,62)/t35-,36?,37+,38?,39?,40-,42?,48-,49+,50+,51-/m0/s1. The molecule has 11 atom stereocenters. The summed E-state index contributed by atoms with van der Waals surface area (Å²) >= 11 is 0. The van der Waals surface area contributed by atoms with E-state index in [0.29, 0.717) is 47.9 Å². The molecule has 0 radical (unpaired) electrons. The van der Waals surface area contributed by atoms with E-state index in [9.17, 15) is 34.2 Å². The first-order chi connectivity index (χ1) is 29.7. The summed E-state index contributed by atoms with van der Waals surface area (Å²) in [6.45, 7) is 19.6. The zero-order valence-corrected chi connectivity index (χ0v) is 38.2. The van der Waals surface area contributed by atoms with E-state index in [-0.39, 0.29) is 64.0 Å². The Labute approximate surface area is 372 Å². The van der Waals surface area contributed by atoms with Gasteiger partial charge in [0.2, 0.25) is 5.91 Å². The number of carbonyl (C=O) groups excluding carboxylic acids is 3. The topological polar surface area (TPSA) is 195 Å². The lowest BCUT2D eigenvalue weighted by molar-refractivity contribution is -0.246. The molecule has 12 nitrogen and oxygen atoms in total. The average molecular weight is 867 g/mol.